The Kier molecular flexibility index (Phi) is 7.24. The van der Waals surface area contributed by atoms with E-state index in [4.69, 9.17) is 6.57 Å². The molecule has 0 radical (unpaired) electrons. The van der Waals surface area contributed by atoms with Gasteiger partial charge in [-0.1, -0.05) is 12.1 Å². The quantitative estimate of drug-likeness (QED) is 0.446. The predicted octanol–water partition coefficient (Wildman–Crippen LogP) is 5.31. The van der Waals surface area contributed by atoms with Gasteiger partial charge in [-0.25, -0.2) is 13.6 Å². The van der Waals surface area contributed by atoms with Gasteiger partial charge in [0, 0.05) is 53.9 Å². The Hall–Kier alpha value is -3.32. The van der Waals surface area contributed by atoms with E-state index in [-0.39, 0.29) is 17.6 Å². The van der Waals surface area contributed by atoms with Crippen LogP contribution >= 0.6 is 11.3 Å². The lowest BCUT2D eigenvalue weighted by Gasteiger charge is -2.32. The van der Waals surface area contributed by atoms with Crippen molar-refractivity contribution >= 4 is 28.6 Å². The number of β-amino-alcohol motifs (C(OH)–C–C–N with tert-alkyl or cyclic N) is 1. The molecule has 37 heavy (non-hydrogen) atoms. The van der Waals surface area contributed by atoms with E-state index < -0.39 is 17.7 Å². The summed E-state index contributed by atoms with van der Waals surface area (Å²) in [7, 11) is 1.89. The molecule has 192 valence electrons. The number of thiophene rings is 1. The summed E-state index contributed by atoms with van der Waals surface area (Å²) in [5.41, 5.74) is 1.95. The maximum atomic E-state index is 15.5. The van der Waals surface area contributed by atoms with E-state index in [0.29, 0.717) is 64.7 Å². The summed E-state index contributed by atoms with van der Waals surface area (Å²) < 4.78 is 30.1. The Morgan fingerprint density at radius 2 is 1.92 bits per heavy atom. The fourth-order valence-electron chi connectivity index (χ4n) is 5.09. The number of anilines is 1. The molecule has 1 aromatic heterocycles. The molecule has 3 heterocycles. The number of hydrogen-bond acceptors (Lipinski definition) is 5. The minimum Gasteiger partial charge on any atom is -0.391 e. The highest BCUT2D eigenvalue weighted by Crippen LogP contribution is 2.42. The number of halogens is 2. The van der Waals surface area contributed by atoms with Gasteiger partial charge in [0.15, 0.2) is 0 Å². The van der Waals surface area contributed by atoms with Gasteiger partial charge in [-0.05, 0) is 62.2 Å². The first-order valence-corrected chi connectivity index (χ1v) is 13.2. The molecule has 3 aromatic rings. The number of piperidine rings is 1. The van der Waals surface area contributed by atoms with Gasteiger partial charge in [-0.2, -0.15) is 0 Å². The number of nitrogens with zero attached hydrogens (tertiary/aromatic N) is 3. The van der Waals surface area contributed by atoms with E-state index in [2.05, 4.69) is 10.2 Å². The number of benzene rings is 2. The average Bonchev–Trinajstić information content (AvgIpc) is 3.55. The zero-order valence-electron chi connectivity index (χ0n) is 20.5. The number of likely N-dealkylation sites (N-methyl/N-ethyl adjacent to an activating group) is 1. The van der Waals surface area contributed by atoms with Gasteiger partial charge in [0.05, 0.1) is 17.6 Å². The third-order valence-electron chi connectivity index (χ3n) is 7.16. The zero-order valence-corrected chi connectivity index (χ0v) is 21.3. The summed E-state index contributed by atoms with van der Waals surface area (Å²) in [6.45, 7) is 9.49. The lowest BCUT2D eigenvalue weighted by Crippen LogP contribution is -2.46. The maximum Gasteiger partial charge on any atom is 0.264 e. The maximum absolute atomic E-state index is 15.5. The molecule has 1 amide bonds. The van der Waals surface area contributed by atoms with Crippen LogP contribution in [0.2, 0.25) is 0 Å². The number of rotatable bonds is 5. The minimum atomic E-state index is -0.658. The van der Waals surface area contributed by atoms with Crippen LogP contribution in [-0.2, 0) is 0 Å². The van der Waals surface area contributed by atoms with E-state index in [9.17, 15) is 14.3 Å². The number of carbonyl (C=O) groups is 1. The van der Waals surface area contributed by atoms with Gasteiger partial charge in [0.1, 0.15) is 11.6 Å². The number of amides is 1. The monoisotopic (exact) mass is 522 g/mol. The largest absolute Gasteiger partial charge is 0.391 e. The van der Waals surface area contributed by atoms with E-state index >= 15 is 4.39 Å². The van der Waals surface area contributed by atoms with Gasteiger partial charge < -0.3 is 20.2 Å². The van der Waals surface area contributed by atoms with Gasteiger partial charge in [-0.3, -0.25) is 4.79 Å². The summed E-state index contributed by atoms with van der Waals surface area (Å²) in [4.78, 5) is 21.4. The second-order valence-electron chi connectivity index (χ2n) is 9.56. The van der Waals surface area contributed by atoms with Crippen LogP contribution in [-0.4, -0.2) is 61.3 Å². The Morgan fingerprint density at radius 1 is 1.08 bits per heavy atom. The van der Waals surface area contributed by atoms with Crippen LogP contribution in [0.15, 0.2) is 42.5 Å². The minimum absolute atomic E-state index is 0.0911. The molecule has 0 spiro atoms. The van der Waals surface area contributed by atoms with Crippen molar-refractivity contribution in [3.8, 4) is 21.6 Å². The average molecular weight is 523 g/mol. The molecule has 2 atom stereocenters. The fraction of sp³-hybridized carbons (Fsp3) is 0.357. The van der Waals surface area contributed by atoms with Crippen molar-refractivity contribution in [2.45, 2.75) is 31.4 Å². The van der Waals surface area contributed by atoms with E-state index in [1.54, 1.807) is 18.2 Å². The van der Waals surface area contributed by atoms with Crippen molar-refractivity contribution in [3.63, 3.8) is 0 Å². The Balaban J connectivity index is 1.56. The molecule has 2 saturated heterocycles. The lowest BCUT2D eigenvalue weighted by molar-refractivity contribution is 0.0703. The molecular weight excluding hydrogens is 494 g/mol. The molecule has 2 unspecified atom stereocenters. The van der Waals surface area contributed by atoms with Gasteiger partial charge in [0.2, 0.25) is 5.69 Å². The number of nitrogens with one attached hydrogen (secondary N) is 1. The molecule has 2 fully saturated rings. The topological polar surface area (TPSA) is 60.2 Å². The zero-order chi connectivity index (χ0) is 26.1. The third-order valence-corrected chi connectivity index (χ3v) is 8.32. The van der Waals surface area contributed by atoms with E-state index in [1.807, 2.05) is 22.9 Å². The number of carbonyl (C=O) groups excluding carboxylic acids is 1. The molecule has 2 N–H and O–H groups in total. The van der Waals surface area contributed by atoms with Crippen LogP contribution in [0.3, 0.4) is 0 Å². The smallest absolute Gasteiger partial charge is 0.264 e. The predicted molar refractivity (Wildman–Crippen MR) is 142 cm³/mol. The van der Waals surface area contributed by atoms with E-state index in [0.717, 1.165) is 12.8 Å². The highest BCUT2D eigenvalue weighted by molar-refractivity contribution is 7.18. The molecule has 5 rings (SSSR count). The summed E-state index contributed by atoms with van der Waals surface area (Å²) in [6.07, 6.45) is 2.11. The second kappa shape index (κ2) is 10.6. The van der Waals surface area contributed by atoms with Gasteiger partial charge in [0.25, 0.3) is 5.91 Å². The van der Waals surface area contributed by atoms with Crippen LogP contribution in [0, 0.1) is 18.2 Å². The van der Waals surface area contributed by atoms with E-state index in [1.165, 1.54) is 29.5 Å². The number of aliphatic hydroxyl groups is 1. The van der Waals surface area contributed by atoms with Crippen LogP contribution < -0.4 is 10.2 Å². The van der Waals surface area contributed by atoms with Crippen LogP contribution in [0.1, 0.15) is 28.9 Å². The van der Waals surface area contributed by atoms with Crippen LogP contribution in [0.5, 0.6) is 0 Å². The summed E-state index contributed by atoms with van der Waals surface area (Å²) in [5.74, 6) is -1.24. The van der Waals surface area contributed by atoms with Crippen molar-refractivity contribution in [2.75, 3.05) is 38.1 Å². The highest BCUT2D eigenvalue weighted by atomic mass is 32.1. The van der Waals surface area contributed by atoms with Gasteiger partial charge >= 0.3 is 0 Å². The van der Waals surface area contributed by atoms with Crippen molar-refractivity contribution in [3.05, 3.63) is 70.4 Å². The Labute approximate surface area is 219 Å². The molecule has 0 aliphatic carbocycles. The second-order valence-corrected chi connectivity index (χ2v) is 10.6. The third kappa shape index (κ3) is 5.10. The fourth-order valence-corrected chi connectivity index (χ4v) is 6.27. The van der Waals surface area contributed by atoms with Crippen molar-refractivity contribution < 1.29 is 18.7 Å². The standard InChI is InChI=1S/C28H28F2N4O2S/c1-31-18-4-3-10-34(15-18)28(36)26-14-22(17-5-8-25(32-2)24(30)12-17)27(37-26)21-7-6-19(13-23(21)29)33-11-9-20(35)16-33/h5-8,12-14,18,20,31,35H,3-4,9-11,15-16H2,1H3. The molecule has 2 aliphatic heterocycles. The normalized spacial score (nSPS) is 19.8. The number of likely N-dealkylation sites (tertiary alicyclic amines) is 1. The molecule has 2 aliphatic rings. The summed E-state index contributed by atoms with van der Waals surface area (Å²) >= 11 is 1.20. The molecule has 9 heteroatoms. The Morgan fingerprint density at radius 3 is 2.59 bits per heavy atom. The molecule has 0 bridgehead atoms. The first kappa shape index (κ1) is 25.3. The summed E-state index contributed by atoms with van der Waals surface area (Å²) in [5, 5.41) is 13.1. The van der Waals surface area contributed by atoms with Crippen LogP contribution in [0.4, 0.5) is 20.2 Å². The number of hydrogen-bond donors (Lipinski definition) is 2. The van der Waals surface area contributed by atoms with Crippen molar-refractivity contribution in [2.24, 2.45) is 0 Å². The molecular formula is C28H28F2N4O2S. The number of aliphatic hydroxyl groups excluding tert-OH is 1. The van der Waals surface area contributed by atoms with Crippen molar-refractivity contribution in [1.29, 1.82) is 0 Å². The summed E-state index contributed by atoms with van der Waals surface area (Å²) in [6, 6.07) is 11.2. The first-order valence-electron chi connectivity index (χ1n) is 12.4. The van der Waals surface area contributed by atoms with Gasteiger partial charge in [-0.15, -0.1) is 11.3 Å². The lowest BCUT2D eigenvalue weighted by atomic mass is 10.0. The SMILES string of the molecule is [C-]#[N+]c1ccc(-c2cc(C(=O)N3CCCC(NC)C3)sc2-c2ccc(N3CCC(O)C3)cc2F)cc1F. The Bertz CT molecular complexity index is 1370. The van der Waals surface area contributed by atoms with Crippen molar-refractivity contribution in [1.82, 2.24) is 10.2 Å². The molecule has 6 nitrogen and oxygen atoms in total. The highest BCUT2D eigenvalue weighted by Gasteiger charge is 2.28. The molecule has 2 aromatic carbocycles. The van der Waals surface area contributed by atoms with Crippen LogP contribution in [0.25, 0.3) is 26.4 Å². The first-order chi connectivity index (χ1) is 17.9. The molecule has 0 saturated carbocycles.